The summed E-state index contributed by atoms with van der Waals surface area (Å²) in [6.45, 7) is -0.314. The van der Waals surface area contributed by atoms with Gasteiger partial charge < -0.3 is 10.1 Å². The number of nitrogens with zero attached hydrogens (tertiary/aromatic N) is 1. The van der Waals surface area contributed by atoms with Crippen LogP contribution >= 0.6 is 11.3 Å². The van der Waals surface area contributed by atoms with Crippen LogP contribution < -0.4 is 10.6 Å². The van der Waals surface area contributed by atoms with Gasteiger partial charge in [0, 0.05) is 18.0 Å². The first-order valence-electron chi connectivity index (χ1n) is 9.78. The fraction of sp³-hybridized carbons (Fsp3) is 0.350. The van der Waals surface area contributed by atoms with E-state index in [1.165, 1.54) is 29.5 Å². The van der Waals surface area contributed by atoms with Crippen LogP contribution in [0.25, 0.3) is 0 Å². The molecule has 1 aliphatic heterocycles. The largest absolute Gasteiger partial charge is 0.455 e. The molecular weight excluding hydrogens is 461 g/mol. The van der Waals surface area contributed by atoms with Gasteiger partial charge in [-0.05, 0) is 36.4 Å². The van der Waals surface area contributed by atoms with E-state index in [-0.39, 0.29) is 32.5 Å². The summed E-state index contributed by atoms with van der Waals surface area (Å²) in [7, 11) is -4.00. The molecule has 0 aliphatic carbocycles. The van der Waals surface area contributed by atoms with Crippen LogP contribution in [-0.4, -0.2) is 50.3 Å². The molecule has 9 nitrogen and oxygen atoms in total. The van der Waals surface area contributed by atoms with Crippen molar-refractivity contribution in [1.29, 1.82) is 0 Å². The maximum Gasteiger partial charge on any atom is 0.321 e. The van der Waals surface area contributed by atoms with Crippen LogP contribution in [0.15, 0.2) is 46.7 Å². The third-order valence-electron chi connectivity index (χ3n) is 4.84. The van der Waals surface area contributed by atoms with Gasteiger partial charge in [0.15, 0.2) is 6.61 Å². The Morgan fingerprint density at radius 2 is 1.84 bits per heavy atom. The number of ether oxygens (including phenoxy) is 1. The van der Waals surface area contributed by atoms with Crippen molar-refractivity contribution in [2.75, 3.05) is 19.7 Å². The van der Waals surface area contributed by atoms with Gasteiger partial charge in [0.05, 0.1) is 12.5 Å². The Labute approximate surface area is 188 Å². The molecule has 0 saturated carbocycles. The fourth-order valence-electron chi connectivity index (χ4n) is 3.17. The third-order valence-corrected chi connectivity index (χ3v) is 7.65. The Morgan fingerprint density at radius 3 is 2.50 bits per heavy atom. The lowest BCUT2D eigenvalue weighted by molar-refractivity contribution is -0.153. The minimum absolute atomic E-state index is 0.0216. The van der Waals surface area contributed by atoms with E-state index in [1.54, 1.807) is 0 Å². The van der Waals surface area contributed by atoms with Gasteiger partial charge in [-0.25, -0.2) is 17.6 Å². The highest BCUT2D eigenvalue weighted by Crippen LogP contribution is 2.25. The van der Waals surface area contributed by atoms with E-state index < -0.39 is 51.2 Å². The number of sulfonamides is 1. The lowest BCUT2D eigenvalue weighted by atomic mass is 9.98. The summed E-state index contributed by atoms with van der Waals surface area (Å²) in [5.41, 5.74) is 0. The van der Waals surface area contributed by atoms with E-state index in [1.807, 2.05) is 17.5 Å². The predicted molar refractivity (Wildman–Crippen MR) is 114 cm³/mol. The molecule has 1 saturated heterocycles. The quantitative estimate of drug-likeness (QED) is 0.580. The molecule has 32 heavy (non-hydrogen) atoms. The molecule has 1 aromatic heterocycles. The zero-order chi connectivity index (χ0) is 23.1. The zero-order valence-electron chi connectivity index (χ0n) is 17.0. The lowest BCUT2D eigenvalue weighted by Crippen LogP contribution is -2.43. The number of esters is 1. The Hall–Kier alpha value is -2.83. The number of thiophene rings is 1. The van der Waals surface area contributed by atoms with Crippen molar-refractivity contribution in [2.24, 2.45) is 5.92 Å². The van der Waals surface area contributed by atoms with Crippen molar-refractivity contribution in [2.45, 2.75) is 24.3 Å². The normalized spacial score (nSPS) is 15.2. The third kappa shape index (κ3) is 6.11. The highest BCUT2D eigenvalue weighted by Gasteiger charge is 2.34. The topological polar surface area (TPSA) is 122 Å². The van der Waals surface area contributed by atoms with Crippen LogP contribution in [0.4, 0.5) is 9.18 Å². The smallest absolute Gasteiger partial charge is 0.321 e. The Balaban J connectivity index is 1.41. The molecule has 0 atom stereocenters. The summed E-state index contributed by atoms with van der Waals surface area (Å²) in [6.07, 6.45) is 0.352. The first-order valence-corrected chi connectivity index (χ1v) is 12.1. The molecule has 0 unspecified atom stereocenters. The number of rotatable bonds is 7. The van der Waals surface area contributed by atoms with Gasteiger partial charge >= 0.3 is 12.0 Å². The highest BCUT2D eigenvalue weighted by molar-refractivity contribution is 7.89. The number of benzene rings is 1. The molecule has 1 fully saturated rings. The van der Waals surface area contributed by atoms with Crippen LogP contribution in [0.1, 0.15) is 17.7 Å². The number of hydrogen-bond acceptors (Lipinski definition) is 7. The number of urea groups is 1. The van der Waals surface area contributed by atoms with E-state index in [4.69, 9.17) is 4.74 Å². The highest BCUT2D eigenvalue weighted by atomic mass is 32.2. The molecule has 2 heterocycles. The Bertz CT molecular complexity index is 1070. The maximum absolute atomic E-state index is 13.9. The number of carbonyl (C=O) groups excluding carboxylic acids is 3. The standard InChI is InChI=1S/C20H22FN3O6S2/c21-16-5-1-2-6-17(16)32(28,29)24-9-7-14(8-10-24)19(26)30-13-18(25)23-20(27)22-12-15-4-3-11-31-15/h1-6,11,14H,7-10,12-13H2,(H2,22,23,25,27). The average molecular weight is 484 g/mol. The van der Waals surface area contributed by atoms with E-state index in [2.05, 4.69) is 10.6 Å². The fourth-order valence-corrected chi connectivity index (χ4v) is 5.35. The molecule has 1 aromatic carbocycles. The second kappa shape index (κ2) is 10.7. The van der Waals surface area contributed by atoms with Crippen molar-refractivity contribution < 1.29 is 31.9 Å². The van der Waals surface area contributed by atoms with Gasteiger partial charge in [-0.1, -0.05) is 18.2 Å². The summed E-state index contributed by atoms with van der Waals surface area (Å²) in [6, 6.07) is 8.08. The molecule has 1 aliphatic rings. The van der Waals surface area contributed by atoms with Crippen molar-refractivity contribution in [3.05, 3.63) is 52.5 Å². The molecular formula is C20H22FN3O6S2. The van der Waals surface area contributed by atoms with E-state index >= 15 is 0 Å². The van der Waals surface area contributed by atoms with Crippen LogP contribution in [-0.2, 0) is 30.9 Å². The minimum Gasteiger partial charge on any atom is -0.455 e. The van der Waals surface area contributed by atoms with Crippen molar-refractivity contribution in [3.8, 4) is 0 Å². The summed E-state index contributed by atoms with van der Waals surface area (Å²) in [5.74, 6) is -2.86. The molecule has 172 valence electrons. The first-order chi connectivity index (χ1) is 15.3. The van der Waals surface area contributed by atoms with Gasteiger partial charge in [0.2, 0.25) is 10.0 Å². The monoisotopic (exact) mass is 483 g/mol. The Kier molecular flexibility index (Phi) is 7.94. The van der Waals surface area contributed by atoms with Crippen molar-refractivity contribution >= 4 is 39.3 Å². The summed E-state index contributed by atoms with van der Waals surface area (Å²) in [5, 5.41) is 6.44. The minimum atomic E-state index is -4.00. The van der Waals surface area contributed by atoms with Crippen molar-refractivity contribution in [1.82, 2.24) is 14.9 Å². The van der Waals surface area contributed by atoms with Gasteiger partial charge in [-0.15, -0.1) is 11.3 Å². The van der Waals surface area contributed by atoms with E-state index in [9.17, 15) is 27.2 Å². The predicted octanol–water partition coefficient (Wildman–Crippen LogP) is 1.86. The molecule has 3 amide bonds. The number of hydrogen-bond donors (Lipinski definition) is 2. The molecule has 0 bridgehead atoms. The number of nitrogens with one attached hydrogen (secondary N) is 2. The number of piperidine rings is 1. The molecule has 2 aromatic rings. The summed E-state index contributed by atoms with van der Waals surface area (Å²) in [4.78, 5) is 36.2. The number of imide groups is 1. The van der Waals surface area contributed by atoms with Gasteiger partial charge in [-0.3, -0.25) is 14.9 Å². The maximum atomic E-state index is 13.9. The lowest BCUT2D eigenvalue weighted by Gasteiger charge is -2.30. The van der Waals surface area contributed by atoms with Gasteiger partial charge in [-0.2, -0.15) is 4.31 Å². The molecule has 2 N–H and O–H groups in total. The second-order valence-electron chi connectivity index (χ2n) is 7.03. The van der Waals surface area contributed by atoms with Crippen LogP contribution in [0.2, 0.25) is 0 Å². The van der Waals surface area contributed by atoms with Crippen LogP contribution in [0.5, 0.6) is 0 Å². The molecule has 3 rings (SSSR count). The molecule has 0 spiro atoms. The second-order valence-corrected chi connectivity index (χ2v) is 9.97. The SMILES string of the molecule is O=C(COC(=O)C1CCN(S(=O)(=O)c2ccccc2F)CC1)NC(=O)NCc1cccs1. The Morgan fingerprint density at radius 1 is 1.12 bits per heavy atom. The first kappa shape index (κ1) is 23.8. The number of amides is 3. The number of halogens is 1. The summed E-state index contributed by atoms with van der Waals surface area (Å²) < 4.78 is 45.2. The van der Waals surface area contributed by atoms with Crippen LogP contribution in [0, 0.1) is 11.7 Å². The molecule has 12 heteroatoms. The van der Waals surface area contributed by atoms with Gasteiger partial charge in [0.25, 0.3) is 5.91 Å². The molecule has 0 radical (unpaired) electrons. The van der Waals surface area contributed by atoms with Crippen molar-refractivity contribution in [3.63, 3.8) is 0 Å². The average Bonchev–Trinajstić information content (AvgIpc) is 3.30. The zero-order valence-corrected chi connectivity index (χ0v) is 18.6. The van der Waals surface area contributed by atoms with E-state index in [0.717, 1.165) is 15.2 Å². The van der Waals surface area contributed by atoms with Gasteiger partial charge in [0.1, 0.15) is 10.7 Å². The number of carbonyl (C=O) groups is 3. The van der Waals surface area contributed by atoms with Crippen LogP contribution in [0.3, 0.4) is 0 Å². The van der Waals surface area contributed by atoms with E-state index in [0.29, 0.717) is 0 Å². The summed E-state index contributed by atoms with van der Waals surface area (Å²) >= 11 is 1.46.